The van der Waals surface area contributed by atoms with Crippen LogP contribution in [0.25, 0.3) is 0 Å². The number of hydrogen-bond donors (Lipinski definition) is 1. The Balaban J connectivity index is 2.02. The van der Waals surface area contributed by atoms with E-state index in [9.17, 15) is 14.0 Å². The Morgan fingerprint density at radius 2 is 2.05 bits per heavy atom. The average Bonchev–Trinajstić information content (AvgIpc) is 2.88. The van der Waals surface area contributed by atoms with E-state index in [1.54, 1.807) is 6.07 Å². The fraction of sp³-hybridized carbons (Fsp3) is 0.467. The lowest BCUT2D eigenvalue weighted by Gasteiger charge is -2.22. The number of nitrogens with one attached hydrogen (secondary N) is 1. The SMILES string of the molecule is CC(=O)N(CC(=O)NC1CCCC1)c1cccc(F)c1. The molecule has 1 aromatic rings. The molecule has 0 aliphatic heterocycles. The first-order chi connectivity index (χ1) is 9.56. The van der Waals surface area contributed by atoms with Crippen LogP contribution in [0.5, 0.6) is 0 Å². The molecule has 1 aromatic carbocycles. The topological polar surface area (TPSA) is 49.4 Å². The number of carbonyl (C=O) groups is 2. The van der Waals surface area contributed by atoms with Gasteiger partial charge < -0.3 is 10.2 Å². The summed E-state index contributed by atoms with van der Waals surface area (Å²) in [6.07, 6.45) is 4.24. The number of nitrogens with zero attached hydrogens (tertiary/aromatic N) is 1. The normalized spacial score (nSPS) is 15.1. The van der Waals surface area contributed by atoms with E-state index in [0.717, 1.165) is 25.7 Å². The molecule has 0 spiro atoms. The summed E-state index contributed by atoms with van der Waals surface area (Å²) in [5.41, 5.74) is 0.402. The summed E-state index contributed by atoms with van der Waals surface area (Å²) in [6, 6.07) is 5.91. The van der Waals surface area contributed by atoms with Crippen LogP contribution in [0.1, 0.15) is 32.6 Å². The molecule has 0 aromatic heterocycles. The third-order valence-corrected chi connectivity index (χ3v) is 3.52. The summed E-state index contributed by atoms with van der Waals surface area (Å²) < 4.78 is 13.2. The second kappa shape index (κ2) is 6.50. The quantitative estimate of drug-likeness (QED) is 0.918. The zero-order valence-corrected chi connectivity index (χ0v) is 11.6. The van der Waals surface area contributed by atoms with Crippen molar-refractivity contribution in [2.75, 3.05) is 11.4 Å². The van der Waals surface area contributed by atoms with E-state index in [0.29, 0.717) is 5.69 Å². The number of halogens is 1. The summed E-state index contributed by atoms with van der Waals surface area (Å²) in [6.45, 7) is 1.29. The van der Waals surface area contributed by atoms with Crippen LogP contribution >= 0.6 is 0 Å². The lowest BCUT2D eigenvalue weighted by molar-refractivity contribution is -0.123. The van der Waals surface area contributed by atoms with Gasteiger partial charge in [-0.1, -0.05) is 18.9 Å². The predicted molar refractivity (Wildman–Crippen MR) is 74.8 cm³/mol. The second-order valence-corrected chi connectivity index (χ2v) is 5.13. The van der Waals surface area contributed by atoms with E-state index in [4.69, 9.17) is 0 Å². The highest BCUT2D eigenvalue weighted by atomic mass is 19.1. The molecule has 108 valence electrons. The number of anilines is 1. The largest absolute Gasteiger partial charge is 0.352 e. The van der Waals surface area contributed by atoms with Crippen LogP contribution in [0.2, 0.25) is 0 Å². The minimum absolute atomic E-state index is 0.0741. The highest BCUT2D eigenvalue weighted by molar-refractivity contribution is 5.97. The van der Waals surface area contributed by atoms with Crippen molar-refractivity contribution in [3.8, 4) is 0 Å². The van der Waals surface area contributed by atoms with Crippen molar-refractivity contribution in [1.82, 2.24) is 5.32 Å². The molecule has 0 saturated heterocycles. The average molecular weight is 278 g/mol. The fourth-order valence-corrected chi connectivity index (χ4v) is 2.52. The molecule has 1 saturated carbocycles. The molecule has 0 atom stereocenters. The molecule has 0 heterocycles. The third kappa shape index (κ3) is 3.79. The highest BCUT2D eigenvalue weighted by Gasteiger charge is 2.20. The van der Waals surface area contributed by atoms with E-state index in [2.05, 4.69) is 5.32 Å². The van der Waals surface area contributed by atoms with Crippen molar-refractivity contribution in [3.63, 3.8) is 0 Å². The predicted octanol–water partition coefficient (Wildman–Crippen LogP) is 2.24. The molecule has 1 aliphatic carbocycles. The van der Waals surface area contributed by atoms with E-state index >= 15 is 0 Å². The van der Waals surface area contributed by atoms with E-state index in [1.165, 1.54) is 30.0 Å². The monoisotopic (exact) mass is 278 g/mol. The van der Waals surface area contributed by atoms with Crippen molar-refractivity contribution in [1.29, 1.82) is 0 Å². The fourth-order valence-electron chi connectivity index (χ4n) is 2.52. The first-order valence-electron chi connectivity index (χ1n) is 6.89. The first kappa shape index (κ1) is 14.5. The summed E-state index contributed by atoms with van der Waals surface area (Å²) in [5.74, 6) is -0.904. The van der Waals surface area contributed by atoms with Gasteiger partial charge in [-0.2, -0.15) is 0 Å². The van der Waals surface area contributed by atoms with Crippen molar-refractivity contribution in [2.45, 2.75) is 38.6 Å². The van der Waals surface area contributed by atoms with Gasteiger partial charge in [-0.3, -0.25) is 9.59 Å². The molecule has 2 rings (SSSR count). The Kier molecular flexibility index (Phi) is 4.71. The smallest absolute Gasteiger partial charge is 0.240 e. The Hall–Kier alpha value is -1.91. The minimum Gasteiger partial charge on any atom is -0.352 e. The zero-order chi connectivity index (χ0) is 14.5. The van der Waals surface area contributed by atoms with Gasteiger partial charge in [0, 0.05) is 18.7 Å². The Bertz CT molecular complexity index is 498. The molecular formula is C15H19FN2O2. The van der Waals surface area contributed by atoms with Gasteiger partial charge >= 0.3 is 0 Å². The van der Waals surface area contributed by atoms with Crippen LogP contribution in [0.4, 0.5) is 10.1 Å². The first-order valence-corrected chi connectivity index (χ1v) is 6.89. The van der Waals surface area contributed by atoms with Crippen LogP contribution < -0.4 is 10.2 Å². The molecule has 0 radical (unpaired) electrons. The highest BCUT2D eigenvalue weighted by Crippen LogP contribution is 2.18. The van der Waals surface area contributed by atoms with Crippen molar-refractivity contribution in [2.24, 2.45) is 0 Å². The molecule has 0 bridgehead atoms. The van der Waals surface area contributed by atoms with Gasteiger partial charge in [-0.15, -0.1) is 0 Å². The molecule has 1 fully saturated rings. The molecule has 1 aliphatic rings. The molecular weight excluding hydrogens is 259 g/mol. The Morgan fingerprint density at radius 1 is 1.35 bits per heavy atom. The Morgan fingerprint density at radius 3 is 2.65 bits per heavy atom. The summed E-state index contributed by atoms with van der Waals surface area (Å²) in [7, 11) is 0. The third-order valence-electron chi connectivity index (χ3n) is 3.52. The van der Waals surface area contributed by atoms with Crippen molar-refractivity contribution in [3.05, 3.63) is 30.1 Å². The van der Waals surface area contributed by atoms with Gasteiger partial charge in [0.15, 0.2) is 0 Å². The number of benzene rings is 1. The summed E-state index contributed by atoms with van der Waals surface area (Å²) >= 11 is 0. The maximum Gasteiger partial charge on any atom is 0.240 e. The van der Waals surface area contributed by atoms with Crippen LogP contribution in [0.3, 0.4) is 0 Å². The molecule has 4 nitrogen and oxygen atoms in total. The van der Waals surface area contributed by atoms with Crippen LogP contribution in [-0.4, -0.2) is 24.4 Å². The van der Waals surface area contributed by atoms with Crippen molar-refractivity contribution < 1.29 is 14.0 Å². The van der Waals surface area contributed by atoms with Gasteiger partial charge in [0.05, 0.1) is 0 Å². The molecule has 5 heteroatoms. The maximum absolute atomic E-state index is 13.2. The lowest BCUT2D eigenvalue weighted by atomic mass is 10.2. The van der Waals surface area contributed by atoms with E-state index < -0.39 is 5.82 Å². The van der Waals surface area contributed by atoms with Gasteiger partial charge in [0.25, 0.3) is 0 Å². The molecule has 0 unspecified atom stereocenters. The van der Waals surface area contributed by atoms with Gasteiger partial charge in [-0.25, -0.2) is 4.39 Å². The van der Waals surface area contributed by atoms with Crippen LogP contribution in [0, 0.1) is 5.82 Å². The number of carbonyl (C=O) groups excluding carboxylic acids is 2. The summed E-state index contributed by atoms with van der Waals surface area (Å²) in [5, 5.41) is 2.92. The minimum atomic E-state index is -0.426. The standard InChI is InChI=1S/C15H19FN2O2/c1-11(19)18(14-8-4-5-12(16)9-14)10-15(20)17-13-6-2-3-7-13/h4-5,8-9,13H,2-3,6-7,10H2,1H3,(H,17,20). The van der Waals surface area contributed by atoms with Gasteiger partial charge in [0.1, 0.15) is 12.4 Å². The number of hydrogen-bond acceptors (Lipinski definition) is 2. The van der Waals surface area contributed by atoms with E-state index in [1.807, 2.05) is 0 Å². The van der Waals surface area contributed by atoms with E-state index in [-0.39, 0.29) is 24.4 Å². The number of amides is 2. The molecule has 2 amide bonds. The van der Waals surface area contributed by atoms with Crippen molar-refractivity contribution >= 4 is 17.5 Å². The number of rotatable bonds is 4. The molecule has 1 N–H and O–H groups in total. The maximum atomic E-state index is 13.2. The van der Waals surface area contributed by atoms with Crippen LogP contribution in [-0.2, 0) is 9.59 Å². The van der Waals surface area contributed by atoms with Gasteiger partial charge in [0.2, 0.25) is 11.8 Å². The summed E-state index contributed by atoms with van der Waals surface area (Å²) in [4.78, 5) is 24.9. The lowest BCUT2D eigenvalue weighted by Crippen LogP contribution is -2.43. The Labute approximate surface area is 118 Å². The molecule has 20 heavy (non-hydrogen) atoms. The van der Waals surface area contributed by atoms with Crippen LogP contribution in [0.15, 0.2) is 24.3 Å². The second-order valence-electron chi connectivity index (χ2n) is 5.13. The van der Waals surface area contributed by atoms with Gasteiger partial charge in [-0.05, 0) is 31.0 Å². The zero-order valence-electron chi connectivity index (χ0n) is 11.6.